The topological polar surface area (TPSA) is 87.3 Å². The fraction of sp³-hybridized carbons (Fsp3) is 0.350. The van der Waals surface area contributed by atoms with Crippen molar-refractivity contribution >= 4 is 28.5 Å². The number of nitrogens with one attached hydrogen (secondary N) is 3. The number of benzene rings is 2. The third-order valence-electron chi connectivity index (χ3n) is 4.00. The summed E-state index contributed by atoms with van der Waals surface area (Å²) in [6, 6.07) is 13.0. The van der Waals surface area contributed by atoms with E-state index >= 15 is 0 Å². The first-order valence-electron chi connectivity index (χ1n) is 8.81. The highest BCUT2D eigenvalue weighted by Crippen LogP contribution is 2.18. The van der Waals surface area contributed by atoms with Gasteiger partial charge in [-0.25, -0.2) is 0 Å². The van der Waals surface area contributed by atoms with Gasteiger partial charge in [0.25, 0.3) is 0 Å². The van der Waals surface area contributed by atoms with Crippen LogP contribution in [0.3, 0.4) is 0 Å². The van der Waals surface area contributed by atoms with Gasteiger partial charge in [0.15, 0.2) is 0 Å². The van der Waals surface area contributed by atoms with Crippen LogP contribution in [0, 0.1) is 0 Å². The van der Waals surface area contributed by atoms with Gasteiger partial charge in [-0.2, -0.15) is 0 Å². The molecule has 0 aliphatic carbocycles. The van der Waals surface area contributed by atoms with E-state index in [2.05, 4.69) is 16.0 Å². The average molecular weight is 355 g/mol. The molecule has 2 rings (SSSR count). The molecule has 0 spiro atoms. The van der Waals surface area contributed by atoms with Crippen molar-refractivity contribution in [2.45, 2.75) is 32.7 Å². The van der Waals surface area contributed by atoms with Crippen LogP contribution in [-0.2, 0) is 20.8 Å². The number of carbonyl (C=O) groups is 3. The van der Waals surface area contributed by atoms with E-state index in [1.807, 2.05) is 49.4 Å². The minimum Gasteiger partial charge on any atom is -0.354 e. The maximum atomic E-state index is 12.2. The van der Waals surface area contributed by atoms with Gasteiger partial charge in [-0.1, -0.05) is 49.4 Å². The molecule has 0 aromatic heterocycles. The van der Waals surface area contributed by atoms with Gasteiger partial charge in [0.05, 0.1) is 13.0 Å². The zero-order valence-corrected chi connectivity index (χ0v) is 15.2. The summed E-state index contributed by atoms with van der Waals surface area (Å²) in [6.07, 6.45) is 1.03. The van der Waals surface area contributed by atoms with Crippen LogP contribution >= 0.6 is 0 Å². The largest absolute Gasteiger partial charge is 0.354 e. The summed E-state index contributed by atoms with van der Waals surface area (Å²) in [7, 11) is 0. The van der Waals surface area contributed by atoms with Crippen molar-refractivity contribution in [2.24, 2.45) is 0 Å². The summed E-state index contributed by atoms with van der Waals surface area (Å²) in [6.45, 7) is 3.98. The lowest BCUT2D eigenvalue weighted by Gasteiger charge is -2.14. The Kier molecular flexibility index (Phi) is 7.14. The molecule has 3 amide bonds. The smallest absolute Gasteiger partial charge is 0.242 e. The molecule has 2 aromatic carbocycles. The van der Waals surface area contributed by atoms with Crippen molar-refractivity contribution in [3.05, 3.63) is 48.0 Å². The molecule has 1 atom stereocenters. The Morgan fingerprint density at radius 3 is 2.46 bits per heavy atom. The predicted molar refractivity (Wildman–Crippen MR) is 102 cm³/mol. The van der Waals surface area contributed by atoms with Crippen LogP contribution in [0.5, 0.6) is 0 Å². The van der Waals surface area contributed by atoms with Crippen LogP contribution in [0.2, 0.25) is 0 Å². The Morgan fingerprint density at radius 1 is 0.962 bits per heavy atom. The second-order valence-electron chi connectivity index (χ2n) is 6.17. The first-order valence-corrected chi connectivity index (χ1v) is 8.81. The third-order valence-corrected chi connectivity index (χ3v) is 4.00. The monoisotopic (exact) mass is 355 g/mol. The minimum absolute atomic E-state index is 0.158. The van der Waals surface area contributed by atoms with Gasteiger partial charge in [-0.3, -0.25) is 14.4 Å². The van der Waals surface area contributed by atoms with Crippen molar-refractivity contribution in [3.63, 3.8) is 0 Å². The molecule has 1 unspecified atom stereocenters. The van der Waals surface area contributed by atoms with E-state index < -0.39 is 11.9 Å². The van der Waals surface area contributed by atoms with E-state index in [9.17, 15) is 14.4 Å². The maximum Gasteiger partial charge on any atom is 0.242 e. The van der Waals surface area contributed by atoms with Crippen LogP contribution in [0.1, 0.15) is 25.8 Å². The van der Waals surface area contributed by atoms with E-state index in [0.717, 1.165) is 22.8 Å². The van der Waals surface area contributed by atoms with Gasteiger partial charge in [0, 0.05) is 6.54 Å². The molecule has 0 fully saturated rings. The average Bonchev–Trinajstić information content (AvgIpc) is 2.64. The Hall–Kier alpha value is -2.89. The number of amides is 3. The van der Waals surface area contributed by atoms with Gasteiger partial charge >= 0.3 is 0 Å². The molecule has 3 N–H and O–H groups in total. The first-order chi connectivity index (χ1) is 12.5. The minimum atomic E-state index is -0.635. The Labute approximate surface area is 153 Å². The lowest BCUT2D eigenvalue weighted by molar-refractivity contribution is -0.129. The SMILES string of the molecule is CCCNC(=O)C(C)NC(=O)CNC(=O)Cc1cccc2ccccc12. The molecule has 0 bridgehead atoms. The third kappa shape index (κ3) is 5.58. The molecule has 0 aliphatic heterocycles. The van der Waals surface area contributed by atoms with Gasteiger partial charge in [-0.15, -0.1) is 0 Å². The number of carbonyl (C=O) groups excluding carboxylic acids is 3. The molecular weight excluding hydrogens is 330 g/mol. The number of rotatable bonds is 8. The van der Waals surface area contributed by atoms with Gasteiger partial charge in [0.1, 0.15) is 6.04 Å². The lowest BCUT2D eigenvalue weighted by atomic mass is 10.0. The summed E-state index contributed by atoms with van der Waals surface area (Å²) in [5, 5.41) is 9.98. The van der Waals surface area contributed by atoms with E-state index in [4.69, 9.17) is 0 Å². The highest BCUT2D eigenvalue weighted by atomic mass is 16.2. The molecule has 6 nitrogen and oxygen atoms in total. The fourth-order valence-electron chi connectivity index (χ4n) is 2.62. The van der Waals surface area contributed by atoms with E-state index in [1.165, 1.54) is 0 Å². The quantitative estimate of drug-likeness (QED) is 0.671. The van der Waals surface area contributed by atoms with E-state index in [-0.39, 0.29) is 24.8 Å². The molecule has 6 heteroatoms. The Morgan fingerprint density at radius 2 is 1.69 bits per heavy atom. The number of hydrogen-bond donors (Lipinski definition) is 3. The first kappa shape index (κ1) is 19.4. The van der Waals surface area contributed by atoms with Crippen LogP contribution in [-0.4, -0.2) is 36.9 Å². The number of hydrogen-bond acceptors (Lipinski definition) is 3. The van der Waals surface area contributed by atoms with Crippen molar-refractivity contribution < 1.29 is 14.4 Å². The molecule has 138 valence electrons. The Balaban J connectivity index is 1.83. The molecule has 2 aromatic rings. The van der Waals surface area contributed by atoms with Crippen molar-refractivity contribution in [1.29, 1.82) is 0 Å². The summed E-state index contributed by atoms with van der Waals surface area (Å²) in [4.78, 5) is 35.8. The maximum absolute atomic E-state index is 12.2. The van der Waals surface area contributed by atoms with Crippen molar-refractivity contribution in [3.8, 4) is 0 Å². The van der Waals surface area contributed by atoms with Gasteiger partial charge < -0.3 is 16.0 Å². The second-order valence-corrected chi connectivity index (χ2v) is 6.17. The molecule has 0 heterocycles. The standard InChI is InChI=1S/C20H25N3O3/c1-3-11-21-20(26)14(2)23-19(25)13-22-18(24)12-16-9-6-8-15-7-4-5-10-17(15)16/h4-10,14H,3,11-13H2,1-2H3,(H,21,26)(H,22,24)(H,23,25). The lowest BCUT2D eigenvalue weighted by Crippen LogP contribution is -2.48. The van der Waals surface area contributed by atoms with Gasteiger partial charge in [0.2, 0.25) is 17.7 Å². The van der Waals surface area contributed by atoms with E-state index in [1.54, 1.807) is 6.92 Å². The zero-order valence-electron chi connectivity index (χ0n) is 15.2. The molecule has 0 radical (unpaired) electrons. The summed E-state index contributed by atoms with van der Waals surface area (Å²) < 4.78 is 0. The molecule has 0 saturated carbocycles. The van der Waals surface area contributed by atoms with Crippen LogP contribution in [0.15, 0.2) is 42.5 Å². The fourth-order valence-corrected chi connectivity index (χ4v) is 2.62. The number of fused-ring (bicyclic) bond motifs is 1. The van der Waals surface area contributed by atoms with Gasteiger partial charge in [-0.05, 0) is 29.7 Å². The van der Waals surface area contributed by atoms with Crippen molar-refractivity contribution in [1.82, 2.24) is 16.0 Å². The summed E-state index contributed by atoms with van der Waals surface area (Å²) in [5.41, 5.74) is 0.910. The van der Waals surface area contributed by atoms with Crippen LogP contribution in [0.4, 0.5) is 0 Å². The highest BCUT2D eigenvalue weighted by Gasteiger charge is 2.15. The van der Waals surface area contributed by atoms with E-state index in [0.29, 0.717) is 6.54 Å². The summed E-state index contributed by atoms with van der Waals surface area (Å²) in [5.74, 6) is -0.864. The second kappa shape index (κ2) is 9.56. The molecule has 26 heavy (non-hydrogen) atoms. The molecule has 0 aliphatic rings. The van der Waals surface area contributed by atoms with Crippen LogP contribution in [0.25, 0.3) is 10.8 Å². The van der Waals surface area contributed by atoms with Crippen LogP contribution < -0.4 is 16.0 Å². The van der Waals surface area contributed by atoms with Crippen molar-refractivity contribution in [2.75, 3.05) is 13.1 Å². The normalized spacial score (nSPS) is 11.6. The Bertz CT molecular complexity index is 783. The molecular formula is C20H25N3O3. The molecule has 0 saturated heterocycles. The summed E-state index contributed by atoms with van der Waals surface area (Å²) >= 11 is 0. The highest BCUT2D eigenvalue weighted by molar-refractivity contribution is 5.92. The zero-order chi connectivity index (χ0) is 18.9. The predicted octanol–water partition coefficient (Wildman–Crippen LogP) is 1.53.